The van der Waals surface area contributed by atoms with E-state index in [9.17, 15) is 4.79 Å². The summed E-state index contributed by atoms with van der Waals surface area (Å²) >= 11 is 13.6. The molecule has 1 nitrogen and oxygen atoms in total. The molecule has 196 valence electrons. The van der Waals surface area contributed by atoms with Crippen molar-refractivity contribution in [2.75, 3.05) is 0 Å². The summed E-state index contributed by atoms with van der Waals surface area (Å²) in [6.07, 6.45) is 9.81. The lowest BCUT2D eigenvalue weighted by Gasteiger charge is -2.36. The normalized spacial score (nSPS) is 25.2. The predicted octanol–water partition coefficient (Wildman–Crippen LogP) is 10.8. The zero-order chi connectivity index (χ0) is 26.3. The Kier molecular flexibility index (Phi) is 8.33. The van der Waals surface area contributed by atoms with Gasteiger partial charge >= 0.3 is 0 Å². The van der Waals surface area contributed by atoms with Gasteiger partial charge in [0, 0.05) is 21.9 Å². The second-order valence-electron chi connectivity index (χ2n) is 13.3. The van der Waals surface area contributed by atoms with E-state index >= 15 is 0 Å². The van der Waals surface area contributed by atoms with Gasteiger partial charge in [-0.1, -0.05) is 102 Å². The SMILES string of the molecule is CC(C(=O)C(C)c1ccc(C2CCCC(C)(C)C2)c(Cl)c1)c1ccc(C2CCCC(C)(C)C2)c(Cl)c1. The van der Waals surface area contributed by atoms with E-state index in [1.54, 1.807) is 0 Å². The van der Waals surface area contributed by atoms with Gasteiger partial charge in [0.15, 0.2) is 0 Å². The summed E-state index contributed by atoms with van der Waals surface area (Å²) in [5.74, 6) is 0.797. The molecule has 0 N–H and O–H groups in total. The molecule has 0 aromatic heterocycles. The van der Waals surface area contributed by atoms with Crippen LogP contribution in [0.2, 0.25) is 10.0 Å². The quantitative estimate of drug-likeness (QED) is 0.365. The topological polar surface area (TPSA) is 17.1 Å². The number of carbonyl (C=O) groups excluding carboxylic acids is 1. The molecule has 0 bridgehead atoms. The van der Waals surface area contributed by atoms with Crippen LogP contribution in [-0.2, 0) is 4.79 Å². The average Bonchev–Trinajstić information content (AvgIpc) is 2.81. The molecule has 2 saturated carbocycles. The van der Waals surface area contributed by atoms with E-state index < -0.39 is 0 Å². The van der Waals surface area contributed by atoms with Crippen LogP contribution in [0.5, 0.6) is 0 Å². The van der Waals surface area contributed by atoms with Crippen LogP contribution in [0.3, 0.4) is 0 Å². The van der Waals surface area contributed by atoms with E-state index in [1.807, 2.05) is 26.0 Å². The van der Waals surface area contributed by atoms with Crippen LogP contribution >= 0.6 is 23.2 Å². The summed E-state index contributed by atoms with van der Waals surface area (Å²) in [7, 11) is 0. The van der Waals surface area contributed by atoms with Crippen molar-refractivity contribution < 1.29 is 4.79 Å². The fraction of sp³-hybridized carbons (Fsp3) is 0.606. The lowest BCUT2D eigenvalue weighted by molar-refractivity contribution is -0.121. The van der Waals surface area contributed by atoms with E-state index in [2.05, 4.69) is 52.0 Å². The number of rotatable bonds is 6. The fourth-order valence-electron chi connectivity index (χ4n) is 6.92. The van der Waals surface area contributed by atoms with E-state index in [4.69, 9.17) is 23.2 Å². The van der Waals surface area contributed by atoms with Gasteiger partial charge in [-0.05, 0) is 95.6 Å². The zero-order valence-corrected chi connectivity index (χ0v) is 24.6. The van der Waals surface area contributed by atoms with E-state index in [1.165, 1.54) is 62.5 Å². The van der Waals surface area contributed by atoms with Crippen molar-refractivity contribution in [1.82, 2.24) is 0 Å². The third-order valence-electron chi connectivity index (χ3n) is 9.19. The zero-order valence-electron chi connectivity index (χ0n) is 23.1. The van der Waals surface area contributed by atoms with Crippen molar-refractivity contribution in [1.29, 1.82) is 0 Å². The van der Waals surface area contributed by atoms with Gasteiger partial charge in [0.05, 0.1) is 0 Å². The van der Waals surface area contributed by atoms with Crippen LogP contribution < -0.4 is 0 Å². The van der Waals surface area contributed by atoms with Crippen molar-refractivity contribution in [3.05, 3.63) is 68.7 Å². The van der Waals surface area contributed by atoms with Crippen molar-refractivity contribution >= 4 is 29.0 Å². The number of hydrogen-bond donors (Lipinski definition) is 0. The van der Waals surface area contributed by atoms with Crippen molar-refractivity contribution in [3.8, 4) is 0 Å². The molecular weight excluding hydrogens is 483 g/mol. The molecule has 0 amide bonds. The Hall–Kier alpha value is -1.31. The monoisotopic (exact) mass is 526 g/mol. The molecule has 0 saturated heterocycles. The lowest BCUT2D eigenvalue weighted by atomic mass is 9.70. The number of hydrogen-bond acceptors (Lipinski definition) is 1. The Morgan fingerprint density at radius 1 is 0.750 bits per heavy atom. The van der Waals surface area contributed by atoms with Gasteiger partial charge < -0.3 is 0 Å². The minimum absolute atomic E-state index is 0.209. The van der Waals surface area contributed by atoms with Gasteiger partial charge in [-0.2, -0.15) is 0 Å². The molecule has 0 radical (unpaired) electrons. The minimum Gasteiger partial charge on any atom is -0.298 e. The second-order valence-corrected chi connectivity index (χ2v) is 14.1. The summed E-state index contributed by atoms with van der Waals surface area (Å²) < 4.78 is 0. The van der Waals surface area contributed by atoms with Gasteiger partial charge in [0.1, 0.15) is 5.78 Å². The summed E-state index contributed by atoms with van der Waals surface area (Å²) in [6, 6.07) is 12.7. The Morgan fingerprint density at radius 3 is 1.47 bits per heavy atom. The second kappa shape index (κ2) is 10.8. The maximum Gasteiger partial charge on any atom is 0.147 e. The highest BCUT2D eigenvalue weighted by Gasteiger charge is 2.32. The summed E-state index contributed by atoms with van der Waals surface area (Å²) in [4.78, 5) is 13.5. The molecule has 36 heavy (non-hydrogen) atoms. The summed E-state index contributed by atoms with van der Waals surface area (Å²) in [5.41, 5.74) is 5.23. The van der Waals surface area contributed by atoms with Crippen LogP contribution in [0.25, 0.3) is 0 Å². The van der Waals surface area contributed by atoms with E-state index in [0.717, 1.165) is 21.2 Å². The molecule has 0 heterocycles. The van der Waals surface area contributed by atoms with Crippen molar-refractivity contribution in [2.24, 2.45) is 10.8 Å². The number of benzene rings is 2. The number of ketones is 1. The highest BCUT2D eigenvalue weighted by atomic mass is 35.5. The molecule has 3 heteroatoms. The van der Waals surface area contributed by atoms with Crippen molar-refractivity contribution in [3.63, 3.8) is 0 Å². The molecule has 0 spiro atoms. The standard InChI is InChI=1S/C33H44Cl2O/c1-21(23-11-13-27(29(34)17-23)25-9-7-15-32(3,4)19-25)31(36)22(2)24-12-14-28(30(35)18-24)26-10-8-16-33(5,6)20-26/h11-14,17-18,21-22,25-26H,7-10,15-16,19-20H2,1-6H3. The van der Waals surface area contributed by atoms with E-state index in [0.29, 0.717) is 22.7 Å². The first-order valence-electron chi connectivity index (χ1n) is 14.0. The van der Waals surface area contributed by atoms with Crippen LogP contribution in [0, 0.1) is 10.8 Å². The van der Waals surface area contributed by atoms with Crippen LogP contribution in [0.4, 0.5) is 0 Å². The van der Waals surface area contributed by atoms with E-state index in [-0.39, 0.29) is 17.6 Å². The molecular formula is C33H44Cl2O. The van der Waals surface area contributed by atoms with Gasteiger partial charge in [-0.15, -0.1) is 0 Å². The smallest absolute Gasteiger partial charge is 0.147 e. The summed E-state index contributed by atoms with van der Waals surface area (Å²) in [5, 5.41) is 1.62. The predicted molar refractivity (Wildman–Crippen MR) is 155 cm³/mol. The van der Waals surface area contributed by atoms with Gasteiger partial charge in [-0.25, -0.2) is 0 Å². The van der Waals surface area contributed by atoms with Crippen LogP contribution in [0.15, 0.2) is 36.4 Å². The highest BCUT2D eigenvalue weighted by Crippen LogP contribution is 2.47. The number of halogens is 2. The van der Waals surface area contributed by atoms with Crippen LogP contribution in [-0.4, -0.2) is 5.78 Å². The number of Topliss-reactive ketones (excluding diaryl/α,β-unsaturated/α-hetero) is 1. The molecule has 4 unspecified atom stereocenters. The highest BCUT2D eigenvalue weighted by molar-refractivity contribution is 6.32. The Morgan fingerprint density at radius 2 is 1.14 bits per heavy atom. The lowest BCUT2D eigenvalue weighted by Crippen LogP contribution is -2.22. The molecule has 4 rings (SSSR count). The molecule has 2 aromatic carbocycles. The number of carbonyl (C=O) groups is 1. The third kappa shape index (κ3) is 6.21. The Labute approximate surface area is 229 Å². The van der Waals surface area contributed by atoms with Crippen LogP contribution in [0.1, 0.15) is 139 Å². The van der Waals surface area contributed by atoms with Gasteiger partial charge in [0.2, 0.25) is 0 Å². The van der Waals surface area contributed by atoms with Gasteiger partial charge in [0.25, 0.3) is 0 Å². The first-order valence-corrected chi connectivity index (χ1v) is 14.7. The molecule has 2 aliphatic carbocycles. The van der Waals surface area contributed by atoms with Gasteiger partial charge in [-0.3, -0.25) is 4.79 Å². The first kappa shape index (κ1) is 27.7. The largest absolute Gasteiger partial charge is 0.298 e. The fourth-order valence-corrected chi connectivity index (χ4v) is 7.60. The molecule has 4 atom stereocenters. The molecule has 2 aromatic rings. The maximum atomic E-state index is 13.5. The van der Waals surface area contributed by atoms with Crippen molar-refractivity contribution in [2.45, 2.75) is 117 Å². The molecule has 2 aliphatic rings. The molecule has 0 aliphatic heterocycles. The molecule has 2 fully saturated rings. The minimum atomic E-state index is -0.216. The average molecular weight is 528 g/mol. The Balaban J connectivity index is 1.47. The first-order chi connectivity index (χ1) is 16.9. The maximum absolute atomic E-state index is 13.5. The summed E-state index contributed by atoms with van der Waals surface area (Å²) in [6.45, 7) is 13.5. The Bertz CT molecular complexity index is 1010. The third-order valence-corrected chi connectivity index (χ3v) is 9.85.